The second-order valence-corrected chi connectivity index (χ2v) is 8.36. The van der Waals surface area contributed by atoms with Crippen LogP contribution in [-0.2, 0) is 11.2 Å². The fourth-order valence-corrected chi connectivity index (χ4v) is 3.62. The molecule has 0 saturated heterocycles. The van der Waals surface area contributed by atoms with Crippen molar-refractivity contribution in [3.05, 3.63) is 73.6 Å². The molecule has 14 heteroatoms. The van der Waals surface area contributed by atoms with E-state index in [2.05, 4.69) is 10.3 Å². The van der Waals surface area contributed by atoms with Crippen LogP contribution in [0.5, 0.6) is 0 Å². The van der Waals surface area contributed by atoms with Gasteiger partial charge in [-0.15, -0.1) is 0 Å². The number of benzene rings is 1. The Morgan fingerprint density at radius 1 is 1.22 bits per heavy atom. The largest absolute Gasteiger partial charge is 0.490 e. The third-order valence-electron chi connectivity index (χ3n) is 4.94. The van der Waals surface area contributed by atoms with E-state index in [9.17, 15) is 27.2 Å². The zero-order valence-corrected chi connectivity index (χ0v) is 20.6. The Hall–Kier alpha value is -3.09. The fourth-order valence-electron chi connectivity index (χ4n) is 3.18. The molecule has 8 nitrogen and oxygen atoms in total. The molecule has 0 saturated carbocycles. The molecular formula is C22H22Cl2F4N4O4. The van der Waals surface area contributed by atoms with E-state index >= 15 is 0 Å². The molecule has 0 unspecified atom stereocenters. The van der Waals surface area contributed by atoms with Crippen molar-refractivity contribution in [3.63, 3.8) is 0 Å². The number of halogens is 6. The molecule has 0 radical (unpaired) electrons. The number of nitrogens with zero attached hydrogens (tertiary/aromatic N) is 2. The number of hydrogen-bond donors (Lipinski definition) is 3. The summed E-state index contributed by atoms with van der Waals surface area (Å²) < 4.78 is 47.6. The minimum atomic E-state index is -5.08. The molecule has 2 aromatic heterocycles. The van der Waals surface area contributed by atoms with Gasteiger partial charge in [0.05, 0.1) is 10.6 Å². The number of alkyl halides is 3. The molecule has 2 heterocycles. The number of nitrogens with one attached hydrogen (secondary N) is 2. The topological polar surface area (TPSA) is 107 Å². The van der Waals surface area contributed by atoms with Crippen LogP contribution in [0.1, 0.15) is 28.0 Å². The Kier molecular flexibility index (Phi) is 9.91. The van der Waals surface area contributed by atoms with Gasteiger partial charge in [-0.1, -0.05) is 29.3 Å². The van der Waals surface area contributed by atoms with E-state index in [1.54, 1.807) is 17.5 Å². The van der Waals surface area contributed by atoms with Crippen molar-refractivity contribution in [2.75, 3.05) is 27.2 Å². The first-order valence-electron chi connectivity index (χ1n) is 10.3. The second kappa shape index (κ2) is 12.2. The van der Waals surface area contributed by atoms with Crippen LogP contribution in [0.2, 0.25) is 10.2 Å². The summed E-state index contributed by atoms with van der Waals surface area (Å²) >= 11 is 12.3. The van der Waals surface area contributed by atoms with Crippen molar-refractivity contribution in [2.24, 2.45) is 0 Å². The number of rotatable bonds is 7. The number of carbonyl (C=O) groups excluding carboxylic acids is 1. The number of aromatic nitrogens is 2. The number of H-pyrrole nitrogens is 1. The van der Waals surface area contributed by atoms with Crippen molar-refractivity contribution in [2.45, 2.75) is 19.0 Å². The molecule has 0 aliphatic carbocycles. The number of hydrogen-bond acceptors (Lipinski definition) is 4. The van der Waals surface area contributed by atoms with E-state index < -0.39 is 18.0 Å². The Labute approximate surface area is 212 Å². The molecule has 0 spiro atoms. The highest BCUT2D eigenvalue weighted by atomic mass is 35.5. The number of amides is 1. The molecule has 0 aliphatic rings. The molecule has 0 atom stereocenters. The SMILES string of the molecule is CNCCCN(C)C(=O)c1cc(Cc2c[nH]c(=O)c3cc(Cl)c(Cl)n23)ccc1F.O=C(O)C(F)(F)F. The third-order valence-corrected chi connectivity index (χ3v) is 5.70. The van der Waals surface area contributed by atoms with Crippen LogP contribution < -0.4 is 10.9 Å². The summed E-state index contributed by atoms with van der Waals surface area (Å²) in [6.07, 6.45) is -2.46. The predicted molar refractivity (Wildman–Crippen MR) is 126 cm³/mol. The number of carboxylic acids is 1. The Balaban J connectivity index is 0.000000572. The number of aromatic amines is 1. The van der Waals surface area contributed by atoms with E-state index in [0.29, 0.717) is 29.7 Å². The molecule has 0 aliphatic heterocycles. The first-order chi connectivity index (χ1) is 16.8. The van der Waals surface area contributed by atoms with Gasteiger partial charge in [-0.2, -0.15) is 13.2 Å². The summed E-state index contributed by atoms with van der Waals surface area (Å²) in [5.41, 5.74) is 1.36. The normalized spacial score (nSPS) is 11.2. The Bertz CT molecular complexity index is 1310. The van der Waals surface area contributed by atoms with Gasteiger partial charge in [-0.25, -0.2) is 9.18 Å². The number of carbonyl (C=O) groups is 2. The van der Waals surface area contributed by atoms with E-state index in [1.165, 1.54) is 29.3 Å². The highest BCUT2D eigenvalue weighted by molar-refractivity contribution is 6.42. The summed E-state index contributed by atoms with van der Waals surface area (Å²) in [6.45, 7) is 1.28. The molecule has 1 amide bonds. The number of carboxylic acid groups (broad SMARTS) is 1. The highest BCUT2D eigenvalue weighted by Crippen LogP contribution is 2.27. The van der Waals surface area contributed by atoms with Crippen LogP contribution in [-0.4, -0.2) is 64.6 Å². The maximum absolute atomic E-state index is 14.3. The molecular weight excluding hydrogens is 531 g/mol. The van der Waals surface area contributed by atoms with Crippen LogP contribution in [0, 0.1) is 5.82 Å². The van der Waals surface area contributed by atoms with Crippen molar-refractivity contribution < 1.29 is 32.3 Å². The van der Waals surface area contributed by atoms with Gasteiger partial charge >= 0.3 is 12.1 Å². The summed E-state index contributed by atoms with van der Waals surface area (Å²) in [6, 6.07) is 5.90. The summed E-state index contributed by atoms with van der Waals surface area (Å²) in [7, 11) is 3.49. The molecule has 0 fully saturated rings. The van der Waals surface area contributed by atoms with E-state index in [4.69, 9.17) is 33.1 Å². The van der Waals surface area contributed by atoms with Crippen molar-refractivity contribution in [1.82, 2.24) is 19.6 Å². The van der Waals surface area contributed by atoms with Crippen molar-refractivity contribution in [3.8, 4) is 0 Å². The zero-order chi connectivity index (χ0) is 27.2. The lowest BCUT2D eigenvalue weighted by atomic mass is 10.0. The van der Waals surface area contributed by atoms with E-state index in [0.717, 1.165) is 13.0 Å². The van der Waals surface area contributed by atoms with Crippen LogP contribution >= 0.6 is 23.2 Å². The summed E-state index contributed by atoms with van der Waals surface area (Å²) in [5.74, 6) is -3.71. The molecule has 3 N–H and O–H groups in total. The molecule has 196 valence electrons. The van der Waals surface area contributed by atoms with Crippen LogP contribution in [0.25, 0.3) is 5.52 Å². The van der Waals surface area contributed by atoms with Gasteiger partial charge in [-0.05, 0) is 43.8 Å². The molecule has 0 bridgehead atoms. The minimum absolute atomic E-state index is 0.00626. The van der Waals surface area contributed by atoms with Crippen LogP contribution in [0.15, 0.2) is 35.3 Å². The molecule has 36 heavy (non-hydrogen) atoms. The maximum atomic E-state index is 14.3. The second-order valence-electron chi connectivity index (χ2n) is 7.59. The van der Waals surface area contributed by atoms with Gasteiger partial charge in [0.15, 0.2) is 0 Å². The fraction of sp³-hybridized carbons (Fsp3) is 0.318. The lowest BCUT2D eigenvalue weighted by Crippen LogP contribution is -2.30. The zero-order valence-electron chi connectivity index (χ0n) is 19.0. The van der Waals surface area contributed by atoms with Crippen LogP contribution in [0.3, 0.4) is 0 Å². The van der Waals surface area contributed by atoms with Gasteiger partial charge in [0, 0.05) is 31.9 Å². The van der Waals surface area contributed by atoms with E-state index in [-0.39, 0.29) is 27.2 Å². The maximum Gasteiger partial charge on any atom is 0.490 e. The average Bonchev–Trinajstić information content (AvgIpc) is 3.11. The monoisotopic (exact) mass is 552 g/mol. The standard InChI is InChI=1S/C20H21Cl2FN4O2.C2HF3O2/c1-24-6-3-7-26(2)20(29)14-9-12(4-5-16(14)23)8-13-11-25-19(28)17-10-15(21)18(22)27(13)17;3-2(4,5)1(6)7/h4-5,9-11,24H,3,6-8H2,1-2H3,(H,25,28);(H,6,7). The van der Waals surface area contributed by atoms with Crippen molar-refractivity contribution in [1.29, 1.82) is 0 Å². The molecule has 1 aromatic carbocycles. The van der Waals surface area contributed by atoms with Crippen molar-refractivity contribution >= 4 is 40.6 Å². The van der Waals surface area contributed by atoms with Gasteiger partial charge in [-0.3, -0.25) is 14.0 Å². The molecule has 3 aromatic rings. The number of aliphatic carboxylic acids is 1. The van der Waals surface area contributed by atoms with Gasteiger partial charge < -0.3 is 20.3 Å². The average molecular weight is 553 g/mol. The quantitative estimate of drug-likeness (QED) is 0.303. The summed E-state index contributed by atoms with van der Waals surface area (Å²) in [5, 5.41) is 10.6. The highest BCUT2D eigenvalue weighted by Gasteiger charge is 2.38. The Morgan fingerprint density at radius 3 is 2.44 bits per heavy atom. The first-order valence-corrected chi connectivity index (χ1v) is 11.1. The lowest BCUT2D eigenvalue weighted by molar-refractivity contribution is -0.192. The first kappa shape index (κ1) is 29.1. The third kappa shape index (κ3) is 7.21. The summed E-state index contributed by atoms with van der Waals surface area (Å²) in [4.78, 5) is 37.7. The predicted octanol–water partition coefficient (Wildman–Crippen LogP) is 3.98. The Morgan fingerprint density at radius 2 is 1.86 bits per heavy atom. The van der Waals surface area contributed by atoms with Crippen LogP contribution in [0.4, 0.5) is 17.6 Å². The van der Waals surface area contributed by atoms with Gasteiger partial charge in [0.25, 0.3) is 11.5 Å². The number of fused-ring (bicyclic) bond motifs is 1. The van der Waals surface area contributed by atoms with Gasteiger partial charge in [0.1, 0.15) is 16.5 Å². The lowest BCUT2D eigenvalue weighted by Gasteiger charge is -2.18. The minimum Gasteiger partial charge on any atom is -0.475 e. The van der Waals surface area contributed by atoms with E-state index in [1.807, 2.05) is 7.05 Å². The molecule has 3 rings (SSSR count). The smallest absolute Gasteiger partial charge is 0.475 e. The van der Waals surface area contributed by atoms with Gasteiger partial charge in [0.2, 0.25) is 0 Å².